The molecule has 3 nitrogen and oxygen atoms in total. The normalized spacial score (nSPS) is 13.4. The molecule has 0 saturated carbocycles. The van der Waals surface area contributed by atoms with Crippen LogP contribution < -0.4 is 0 Å². The maximum atomic E-state index is 9.77. The highest BCUT2D eigenvalue weighted by Crippen LogP contribution is 1.85. The highest BCUT2D eigenvalue weighted by Gasteiger charge is 1.81. The summed E-state index contributed by atoms with van der Waals surface area (Å²) in [4.78, 5) is 0. The van der Waals surface area contributed by atoms with Gasteiger partial charge in [-0.25, -0.2) is 0 Å². The number of hydrogen-bond donors (Lipinski definition) is 1. The van der Waals surface area contributed by atoms with Gasteiger partial charge in [0, 0.05) is 0 Å². The smallest absolute Gasteiger partial charge is 0.356 e. The molecule has 1 atom stereocenters. The van der Waals surface area contributed by atoms with Gasteiger partial charge < -0.3 is 4.18 Å². The van der Waals surface area contributed by atoms with Gasteiger partial charge in [0.2, 0.25) is 0 Å². The van der Waals surface area contributed by atoms with Crippen molar-refractivity contribution < 1.29 is 12.9 Å². The lowest BCUT2D eigenvalue weighted by molar-refractivity contribution is 0.419. The van der Waals surface area contributed by atoms with Crippen molar-refractivity contribution >= 4 is 11.4 Å². The minimum atomic E-state index is -2.19. The van der Waals surface area contributed by atoms with Gasteiger partial charge >= 0.3 is 11.4 Å². The third-order valence-corrected chi connectivity index (χ3v) is 0.813. The van der Waals surface area contributed by atoms with Crippen molar-refractivity contribution in [2.45, 2.75) is 6.42 Å². The minimum Gasteiger partial charge on any atom is -0.388 e. The second-order valence-corrected chi connectivity index (χ2v) is 1.84. The van der Waals surface area contributed by atoms with E-state index >= 15 is 0 Å². The lowest BCUT2D eigenvalue weighted by atomic mass is 10.4. The van der Waals surface area contributed by atoms with E-state index in [0.29, 0.717) is 6.42 Å². The van der Waals surface area contributed by atoms with E-state index in [-0.39, 0.29) is 0 Å². The van der Waals surface area contributed by atoms with E-state index in [0.717, 1.165) is 6.26 Å². The van der Waals surface area contributed by atoms with E-state index in [4.69, 9.17) is 4.55 Å². The molecule has 4 heteroatoms. The van der Waals surface area contributed by atoms with Crippen LogP contribution in [0.4, 0.5) is 0 Å². The van der Waals surface area contributed by atoms with E-state index in [1.54, 1.807) is 12.2 Å². The average molecular weight is 148 g/mol. The molecule has 52 valence electrons. The van der Waals surface area contributed by atoms with Gasteiger partial charge in [-0.2, -0.15) is 4.21 Å². The fraction of sp³-hybridized carbons (Fsp3) is 0.200. The van der Waals surface area contributed by atoms with Crippen LogP contribution in [0.2, 0.25) is 0 Å². The van der Waals surface area contributed by atoms with E-state index in [9.17, 15) is 4.21 Å². The summed E-state index contributed by atoms with van der Waals surface area (Å²) in [5, 5.41) is 0. The van der Waals surface area contributed by atoms with Crippen LogP contribution in [0.15, 0.2) is 25.0 Å². The highest BCUT2D eigenvalue weighted by molar-refractivity contribution is 7.74. The summed E-state index contributed by atoms with van der Waals surface area (Å²) in [5.74, 6) is 0. The predicted octanol–water partition coefficient (Wildman–Crippen LogP) is 1.23. The van der Waals surface area contributed by atoms with Gasteiger partial charge in [-0.3, -0.25) is 4.55 Å². The molecule has 0 heterocycles. The predicted molar refractivity (Wildman–Crippen MR) is 35.8 cm³/mol. The van der Waals surface area contributed by atoms with Gasteiger partial charge in [0.15, 0.2) is 0 Å². The molecule has 0 saturated heterocycles. The van der Waals surface area contributed by atoms with Crippen molar-refractivity contribution in [3.63, 3.8) is 0 Å². The van der Waals surface area contributed by atoms with E-state index in [1.807, 2.05) is 0 Å². The zero-order valence-corrected chi connectivity index (χ0v) is 5.63. The summed E-state index contributed by atoms with van der Waals surface area (Å²) < 4.78 is 21.9. The van der Waals surface area contributed by atoms with Crippen LogP contribution in [-0.2, 0) is 15.5 Å². The zero-order chi connectivity index (χ0) is 7.11. The first-order valence-electron chi connectivity index (χ1n) is 2.31. The third-order valence-electron chi connectivity index (χ3n) is 0.537. The molecule has 9 heavy (non-hydrogen) atoms. The van der Waals surface area contributed by atoms with Crippen LogP contribution in [0, 0.1) is 0 Å². The Balaban J connectivity index is 3.24. The molecule has 0 aliphatic rings. The fourth-order valence-corrected chi connectivity index (χ4v) is 0.412. The van der Waals surface area contributed by atoms with Crippen LogP contribution in [0.25, 0.3) is 0 Å². The quantitative estimate of drug-likeness (QED) is 0.370. The van der Waals surface area contributed by atoms with E-state index in [1.165, 1.54) is 0 Å². The van der Waals surface area contributed by atoms with Crippen LogP contribution in [0.3, 0.4) is 0 Å². The van der Waals surface area contributed by atoms with Crippen LogP contribution in [0.5, 0.6) is 0 Å². The van der Waals surface area contributed by atoms with Crippen molar-refractivity contribution in [1.29, 1.82) is 0 Å². The van der Waals surface area contributed by atoms with Crippen LogP contribution in [0.1, 0.15) is 6.42 Å². The highest BCUT2D eigenvalue weighted by atomic mass is 32.2. The van der Waals surface area contributed by atoms with E-state index in [2.05, 4.69) is 10.8 Å². The summed E-state index contributed by atoms with van der Waals surface area (Å²) in [5.41, 5.74) is 0. The standard InChI is InChI=1S/C5H8O3S/c1-2-3-4-5-8-9(6)7/h2,4-5H,1,3H2,(H,6,7). The summed E-state index contributed by atoms with van der Waals surface area (Å²) in [6.07, 6.45) is 5.04. The number of allylic oxidation sites excluding steroid dienone is 2. The fourth-order valence-electron chi connectivity index (χ4n) is 0.239. The first-order valence-corrected chi connectivity index (χ1v) is 3.34. The largest absolute Gasteiger partial charge is 0.388 e. The molecule has 0 fully saturated rings. The summed E-state index contributed by atoms with van der Waals surface area (Å²) in [7, 11) is 0. The Morgan fingerprint density at radius 1 is 1.78 bits per heavy atom. The first-order chi connectivity index (χ1) is 4.27. The molecule has 0 bridgehead atoms. The molecule has 0 aromatic heterocycles. The molecule has 1 unspecified atom stereocenters. The molecule has 0 aromatic rings. The molecular weight excluding hydrogens is 140 g/mol. The molecule has 0 aliphatic heterocycles. The van der Waals surface area contributed by atoms with Crippen LogP contribution in [-0.4, -0.2) is 8.76 Å². The molecule has 0 radical (unpaired) electrons. The van der Waals surface area contributed by atoms with Crippen molar-refractivity contribution in [3.8, 4) is 0 Å². The topological polar surface area (TPSA) is 46.5 Å². The number of rotatable bonds is 4. The molecule has 0 amide bonds. The molecule has 0 aliphatic carbocycles. The Hall–Kier alpha value is -0.610. The molecule has 0 spiro atoms. The Labute approximate surface area is 56.5 Å². The van der Waals surface area contributed by atoms with Gasteiger partial charge in [0.05, 0.1) is 0 Å². The molecule has 1 N–H and O–H groups in total. The SMILES string of the molecule is C=CCC=COS(=O)O. The Morgan fingerprint density at radius 3 is 2.89 bits per heavy atom. The van der Waals surface area contributed by atoms with Gasteiger partial charge in [0.25, 0.3) is 0 Å². The van der Waals surface area contributed by atoms with Crippen molar-refractivity contribution in [3.05, 3.63) is 25.0 Å². The first kappa shape index (κ1) is 8.39. The van der Waals surface area contributed by atoms with Crippen molar-refractivity contribution in [2.75, 3.05) is 0 Å². The van der Waals surface area contributed by atoms with Crippen LogP contribution >= 0.6 is 0 Å². The average Bonchev–Trinajstić information content (AvgIpc) is 1.80. The van der Waals surface area contributed by atoms with Gasteiger partial charge in [-0.15, -0.1) is 6.58 Å². The Bertz CT molecular complexity index is 130. The van der Waals surface area contributed by atoms with Crippen molar-refractivity contribution in [2.24, 2.45) is 0 Å². The Morgan fingerprint density at radius 2 is 2.44 bits per heavy atom. The second kappa shape index (κ2) is 5.53. The maximum absolute atomic E-state index is 9.77. The maximum Gasteiger partial charge on any atom is 0.356 e. The molecule has 0 aromatic carbocycles. The minimum absolute atomic E-state index is 0.636. The number of hydrogen-bond acceptors (Lipinski definition) is 2. The monoisotopic (exact) mass is 148 g/mol. The summed E-state index contributed by atoms with van der Waals surface area (Å²) in [6, 6.07) is 0. The Kier molecular flexibility index (Phi) is 5.15. The van der Waals surface area contributed by atoms with Gasteiger partial charge in [-0.1, -0.05) is 6.08 Å². The lowest BCUT2D eigenvalue weighted by Crippen LogP contribution is -1.84. The lowest BCUT2D eigenvalue weighted by Gasteiger charge is -1.86. The van der Waals surface area contributed by atoms with Gasteiger partial charge in [0.1, 0.15) is 6.26 Å². The zero-order valence-electron chi connectivity index (χ0n) is 4.82. The third kappa shape index (κ3) is 7.39. The van der Waals surface area contributed by atoms with Crippen molar-refractivity contribution in [1.82, 2.24) is 0 Å². The molecular formula is C5H8O3S. The van der Waals surface area contributed by atoms with Gasteiger partial charge in [-0.05, 0) is 12.5 Å². The summed E-state index contributed by atoms with van der Waals surface area (Å²) >= 11 is -2.19. The summed E-state index contributed by atoms with van der Waals surface area (Å²) in [6.45, 7) is 3.43. The van der Waals surface area contributed by atoms with E-state index < -0.39 is 11.4 Å². The second-order valence-electron chi connectivity index (χ2n) is 1.21. The molecule has 0 rings (SSSR count).